The second kappa shape index (κ2) is 18.1. The zero-order chi connectivity index (χ0) is 2.71. The standard InChI is InChI=1S/CH2Cl2.Al.ClH.3H/c2-1-3;;;;;/h1H2;;1H;;;. The van der Waals surface area contributed by atoms with Crippen LogP contribution < -0.4 is 0 Å². The Balaban J connectivity index is -0.0000000200. The molecule has 0 fully saturated rings. The molecular weight excluding hydrogens is 145 g/mol. The molecule has 0 nitrogen and oxygen atoms in total. The quantitative estimate of drug-likeness (QED) is 0.352. The summed E-state index contributed by atoms with van der Waals surface area (Å²) in [4.78, 5) is 0. The van der Waals surface area contributed by atoms with E-state index < -0.39 is 0 Å². The molecule has 0 aromatic carbocycles. The molecule has 0 heterocycles. The second-order valence-electron chi connectivity index (χ2n) is 0.101. The van der Waals surface area contributed by atoms with Crippen molar-refractivity contribution in [3.8, 4) is 0 Å². The van der Waals surface area contributed by atoms with E-state index in [1.165, 1.54) is 0 Å². The van der Waals surface area contributed by atoms with E-state index in [1.54, 1.807) is 0 Å². The van der Waals surface area contributed by atoms with Crippen LogP contribution in [0.25, 0.3) is 0 Å². The molecule has 0 saturated carbocycles. The Kier molecular flexibility index (Phi) is 58.6. The Labute approximate surface area is 58.4 Å². The fourth-order valence-electron chi connectivity index (χ4n) is 0. The Bertz CT molecular complexity index is 6.85. The van der Waals surface area contributed by atoms with Crippen LogP contribution in [0.4, 0.5) is 0 Å². The van der Waals surface area contributed by atoms with E-state index in [9.17, 15) is 0 Å². The number of hydrogen-bond acceptors (Lipinski definition) is 0. The van der Waals surface area contributed by atoms with Crippen LogP contribution >= 0.6 is 35.6 Å². The zero-order valence-electron chi connectivity index (χ0n) is 1.87. The molecule has 0 saturated heterocycles. The van der Waals surface area contributed by atoms with Gasteiger partial charge in [0.1, 0.15) is 0 Å². The highest BCUT2D eigenvalue weighted by Crippen LogP contribution is 1.73. The minimum absolute atomic E-state index is 0. The van der Waals surface area contributed by atoms with E-state index in [0.29, 0.717) is 0 Å². The van der Waals surface area contributed by atoms with Gasteiger partial charge in [-0.15, -0.1) is 35.6 Å². The summed E-state index contributed by atoms with van der Waals surface area (Å²) >= 11 is 9.53. The predicted molar refractivity (Wildman–Crippen MR) is 33.8 cm³/mol. The first-order valence-electron chi connectivity index (χ1n) is 0.535. The smallest absolute Gasteiger partial charge is 0.147 e. The molecule has 0 atom stereocenters. The second-order valence-corrected chi connectivity index (χ2v) is 0.909. The molecule has 0 aromatic rings. The first-order chi connectivity index (χ1) is 1.41. The predicted octanol–water partition coefficient (Wildman–Crippen LogP) is 0.659. The largest absolute Gasteiger partial charge is 0.187 e. The maximum atomic E-state index is 4.76. The van der Waals surface area contributed by atoms with Crippen LogP contribution in [0.3, 0.4) is 0 Å². The van der Waals surface area contributed by atoms with Gasteiger partial charge in [-0.1, -0.05) is 0 Å². The fraction of sp³-hybridized carbons (Fsp3) is 1.00. The maximum absolute atomic E-state index is 4.76. The number of halogens is 3. The first kappa shape index (κ1) is 16.1. The van der Waals surface area contributed by atoms with Gasteiger partial charge in [0, 0.05) is 0 Å². The lowest BCUT2D eigenvalue weighted by Gasteiger charge is -1.42. The van der Waals surface area contributed by atoms with E-state index in [-0.39, 0.29) is 35.1 Å². The Hall–Kier alpha value is 1.40. The summed E-state index contributed by atoms with van der Waals surface area (Å²) in [5.41, 5.74) is 0. The van der Waals surface area contributed by atoms with Crippen LogP contribution in [0, 0.1) is 0 Å². The van der Waals surface area contributed by atoms with Gasteiger partial charge in [-0.3, -0.25) is 0 Å². The molecule has 0 rings (SSSR count). The van der Waals surface area contributed by atoms with Gasteiger partial charge in [-0.05, 0) is 0 Å². The van der Waals surface area contributed by atoms with Crippen LogP contribution in [-0.2, 0) is 0 Å². The van der Waals surface area contributed by atoms with Crippen molar-refractivity contribution in [3.63, 3.8) is 0 Å². The third-order valence-electron chi connectivity index (χ3n) is 0. The summed E-state index contributed by atoms with van der Waals surface area (Å²) in [6.07, 6.45) is 0. The monoisotopic (exact) mass is 150 g/mol. The topological polar surface area (TPSA) is 0 Å². The Morgan fingerprint density at radius 1 is 1.20 bits per heavy atom. The van der Waals surface area contributed by atoms with Gasteiger partial charge in [0.05, 0.1) is 5.34 Å². The molecule has 0 N–H and O–H groups in total. The highest BCUT2D eigenvalue weighted by Gasteiger charge is 1.41. The van der Waals surface area contributed by atoms with Crippen molar-refractivity contribution in [2.45, 2.75) is 0 Å². The molecule has 0 radical (unpaired) electrons. The summed E-state index contributed by atoms with van der Waals surface area (Å²) in [7, 11) is 0. The van der Waals surface area contributed by atoms with Gasteiger partial charge >= 0.3 is 0 Å². The van der Waals surface area contributed by atoms with Crippen molar-refractivity contribution < 1.29 is 0 Å². The van der Waals surface area contributed by atoms with Gasteiger partial charge in [0.15, 0.2) is 17.4 Å². The van der Waals surface area contributed by atoms with Crippen LogP contribution in [0.2, 0.25) is 0 Å². The zero-order valence-corrected chi connectivity index (χ0v) is 4.20. The molecule has 0 aromatic heterocycles. The molecule has 0 bridgehead atoms. The van der Waals surface area contributed by atoms with Crippen molar-refractivity contribution in [1.82, 2.24) is 0 Å². The summed E-state index contributed by atoms with van der Waals surface area (Å²) in [6, 6.07) is 0. The average molecular weight is 151 g/mol. The number of hydrogen-bond donors (Lipinski definition) is 0. The van der Waals surface area contributed by atoms with Crippen molar-refractivity contribution in [3.05, 3.63) is 0 Å². The van der Waals surface area contributed by atoms with Crippen molar-refractivity contribution >= 4 is 53.0 Å². The van der Waals surface area contributed by atoms with Gasteiger partial charge in [-0.2, -0.15) is 0 Å². The normalized spacial score (nSPS) is 3.60. The molecule has 5 heavy (non-hydrogen) atoms. The third-order valence-corrected chi connectivity index (χ3v) is 0. The summed E-state index contributed by atoms with van der Waals surface area (Å²) in [5.74, 6) is 0. The Morgan fingerprint density at radius 2 is 1.20 bits per heavy atom. The van der Waals surface area contributed by atoms with Crippen LogP contribution in [-0.4, -0.2) is 22.7 Å². The third kappa shape index (κ3) is 31.8. The van der Waals surface area contributed by atoms with Gasteiger partial charge in [-0.25, -0.2) is 0 Å². The van der Waals surface area contributed by atoms with Gasteiger partial charge in [0.25, 0.3) is 0 Å². The minimum Gasteiger partial charge on any atom is -0.147 e. The van der Waals surface area contributed by atoms with Gasteiger partial charge in [0.2, 0.25) is 0 Å². The molecule has 0 unspecified atom stereocenters. The molecule has 4 heteroatoms. The van der Waals surface area contributed by atoms with E-state index in [1.807, 2.05) is 0 Å². The van der Waals surface area contributed by atoms with E-state index in [2.05, 4.69) is 0 Å². The highest BCUT2D eigenvalue weighted by molar-refractivity contribution is 6.40. The van der Waals surface area contributed by atoms with Gasteiger partial charge < -0.3 is 0 Å². The SMILES string of the molecule is Cl.ClCCl.[AlH3]. The molecule has 0 spiro atoms. The molecular formula is CH6AlCl3. The summed E-state index contributed by atoms with van der Waals surface area (Å²) < 4.78 is 0. The van der Waals surface area contributed by atoms with Crippen LogP contribution in [0.1, 0.15) is 0 Å². The van der Waals surface area contributed by atoms with Crippen LogP contribution in [0.15, 0.2) is 0 Å². The number of alkyl halides is 2. The van der Waals surface area contributed by atoms with E-state index in [4.69, 9.17) is 23.2 Å². The van der Waals surface area contributed by atoms with Crippen molar-refractivity contribution in [1.29, 1.82) is 0 Å². The molecule has 0 amide bonds. The minimum atomic E-state index is 0. The average Bonchev–Trinajstić information content (AvgIpc) is 0.918. The fourth-order valence-corrected chi connectivity index (χ4v) is 0. The van der Waals surface area contributed by atoms with E-state index >= 15 is 0 Å². The van der Waals surface area contributed by atoms with Crippen molar-refractivity contribution in [2.75, 3.05) is 5.34 Å². The lowest BCUT2D eigenvalue weighted by molar-refractivity contribution is 2.20. The van der Waals surface area contributed by atoms with Crippen molar-refractivity contribution in [2.24, 2.45) is 0 Å². The lowest BCUT2D eigenvalue weighted by atomic mass is 11.9. The maximum Gasteiger partial charge on any atom is 0.187 e. The molecule has 34 valence electrons. The highest BCUT2D eigenvalue weighted by atomic mass is 35.5. The van der Waals surface area contributed by atoms with E-state index in [0.717, 1.165) is 0 Å². The number of rotatable bonds is 0. The summed E-state index contributed by atoms with van der Waals surface area (Å²) in [5, 5.41) is 0.194. The first-order valence-corrected chi connectivity index (χ1v) is 1.60. The Morgan fingerprint density at radius 3 is 1.20 bits per heavy atom. The molecule has 0 aliphatic carbocycles. The van der Waals surface area contributed by atoms with Crippen LogP contribution in [0.5, 0.6) is 0 Å². The molecule has 0 aliphatic heterocycles. The lowest BCUT2D eigenvalue weighted by Crippen LogP contribution is -1.24. The molecule has 0 aliphatic rings. The summed E-state index contributed by atoms with van der Waals surface area (Å²) in [6.45, 7) is 0.